The molecule has 1 saturated carbocycles. The van der Waals surface area contributed by atoms with Crippen LogP contribution in [0.5, 0.6) is 0 Å². The quantitative estimate of drug-likeness (QED) is 0.505. The van der Waals surface area contributed by atoms with Gasteiger partial charge in [-0.15, -0.1) is 6.58 Å². The number of allylic oxidation sites excluding steroid dienone is 1. The fraction of sp³-hybridized carbons (Fsp3) is 0.818. The third-order valence-corrected chi connectivity index (χ3v) is 3.06. The molecule has 2 atom stereocenters. The lowest BCUT2D eigenvalue weighted by Gasteiger charge is -2.23. The van der Waals surface area contributed by atoms with E-state index in [-0.39, 0.29) is 0 Å². The van der Waals surface area contributed by atoms with Crippen LogP contribution in [-0.4, -0.2) is 6.04 Å². The fourth-order valence-corrected chi connectivity index (χ4v) is 2.27. The van der Waals surface area contributed by atoms with Crippen molar-refractivity contribution in [2.45, 2.75) is 51.5 Å². The average molecular weight is 167 g/mol. The summed E-state index contributed by atoms with van der Waals surface area (Å²) in [6.07, 6.45) is 9.56. The van der Waals surface area contributed by atoms with Crippen LogP contribution in [0.4, 0.5) is 0 Å². The van der Waals surface area contributed by atoms with Gasteiger partial charge in [-0.25, -0.2) is 0 Å². The Morgan fingerprint density at radius 3 is 2.92 bits per heavy atom. The maximum Gasteiger partial charge on any atom is 0.00442 e. The third-order valence-electron chi connectivity index (χ3n) is 3.06. The zero-order valence-corrected chi connectivity index (χ0v) is 8.18. The highest BCUT2D eigenvalue weighted by Gasteiger charge is 2.32. The number of unbranched alkanes of at least 4 members (excludes halogenated alkanes) is 1. The maximum absolute atomic E-state index is 5.89. The van der Waals surface area contributed by atoms with E-state index in [4.69, 9.17) is 5.73 Å². The van der Waals surface area contributed by atoms with Crippen LogP contribution in [0.2, 0.25) is 0 Å². The van der Waals surface area contributed by atoms with Gasteiger partial charge in [0, 0.05) is 6.04 Å². The normalized spacial score (nSPS) is 35.3. The van der Waals surface area contributed by atoms with Crippen LogP contribution < -0.4 is 5.73 Å². The van der Waals surface area contributed by atoms with Crippen LogP contribution in [0.3, 0.4) is 0 Å². The summed E-state index contributed by atoms with van der Waals surface area (Å²) in [5, 5.41) is 0. The van der Waals surface area contributed by atoms with E-state index in [0.717, 1.165) is 6.42 Å². The minimum atomic E-state index is 0.471. The lowest BCUT2D eigenvalue weighted by Crippen LogP contribution is -2.19. The minimum absolute atomic E-state index is 0.471. The standard InChI is InChI=1S/C11H21N/c1-3-4-5-7-11(2)8-6-10(12)9-11/h3,10H,1,4-9,12H2,2H3. The van der Waals surface area contributed by atoms with Crippen molar-refractivity contribution >= 4 is 0 Å². The van der Waals surface area contributed by atoms with Gasteiger partial charge in [-0.3, -0.25) is 0 Å². The van der Waals surface area contributed by atoms with E-state index in [1.54, 1.807) is 0 Å². The number of rotatable bonds is 4. The van der Waals surface area contributed by atoms with Gasteiger partial charge in [-0.05, 0) is 43.9 Å². The van der Waals surface area contributed by atoms with Crippen LogP contribution >= 0.6 is 0 Å². The molecule has 0 aliphatic heterocycles. The summed E-state index contributed by atoms with van der Waals surface area (Å²) in [6.45, 7) is 6.12. The summed E-state index contributed by atoms with van der Waals surface area (Å²) in [5.74, 6) is 0. The first-order valence-corrected chi connectivity index (χ1v) is 5.03. The Hall–Kier alpha value is -0.300. The summed E-state index contributed by atoms with van der Waals surface area (Å²) in [4.78, 5) is 0. The first-order valence-electron chi connectivity index (χ1n) is 5.03. The molecular formula is C11H21N. The second kappa shape index (κ2) is 4.08. The first-order chi connectivity index (χ1) is 5.66. The van der Waals surface area contributed by atoms with E-state index in [9.17, 15) is 0 Å². The van der Waals surface area contributed by atoms with Crippen molar-refractivity contribution in [2.75, 3.05) is 0 Å². The molecule has 0 heterocycles. The molecule has 0 amide bonds. The maximum atomic E-state index is 5.89. The number of hydrogen-bond acceptors (Lipinski definition) is 1. The van der Waals surface area contributed by atoms with Gasteiger partial charge in [0.1, 0.15) is 0 Å². The molecule has 70 valence electrons. The highest BCUT2D eigenvalue weighted by atomic mass is 14.7. The molecule has 1 rings (SSSR count). The zero-order chi connectivity index (χ0) is 9.03. The molecule has 1 aliphatic carbocycles. The molecule has 12 heavy (non-hydrogen) atoms. The van der Waals surface area contributed by atoms with Crippen LogP contribution in [0.25, 0.3) is 0 Å². The Labute approximate surface area is 76.0 Å². The first kappa shape index (κ1) is 9.79. The molecule has 0 aromatic rings. The summed E-state index contributed by atoms with van der Waals surface area (Å²) in [6, 6.07) is 0.471. The molecule has 0 bridgehead atoms. The van der Waals surface area contributed by atoms with E-state index >= 15 is 0 Å². The van der Waals surface area contributed by atoms with Gasteiger partial charge in [0.2, 0.25) is 0 Å². The number of nitrogens with two attached hydrogens (primary N) is 1. The van der Waals surface area contributed by atoms with Crippen LogP contribution in [0.15, 0.2) is 12.7 Å². The van der Waals surface area contributed by atoms with Gasteiger partial charge in [-0.2, -0.15) is 0 Å². The van der Waals surface area contributed by atoms with E-state index in [1.807, 2.05) is 6.08 Å². The molecule has 0 spiro atoms. The lowest BCUT2D eigenvalue weighted by molar-refractivity contribution is 0.296. The summed E-state index contributed by atoms with van der Waals surface area (Å²) in [5.41, 5.74) is 6.44. The van der Waals surface area contributed by atoms with Crippen LogP contribution in [-0.2, 0) is 0 Å². The van der Waals surface area contributed by atoms with Gasteiger partial charge < -0.3 is 5.73 Å². The minimum Gasteiger partial charge on any atom is -0.328 e. The Morgan fingerprint density at radius 2 is 2.42 bits per heavy atom. The second-order valence-electron chi connectivity index (χ2n) is 4.49. The van der Waals surface area contributed by atoms with Crippen molar-refractivity contribution in [1.82, 2.24) is 0 Å². The van der Waals surface area contributed by atoms with Gasteiger partial charge in [0.25, 0.3) is 0 Å². The third kappa shape index (κ3) is 2.63. The van der Waals surface area contributed by atoms with Gasteiger partial charge in [0.05, 0.1) is 0 Å². The Balaban J connectivity index is 2.25. The predicted molar refractivity (Wildman–Crippen MR) is 54.0 cm³/mol. The van der Waals surface area contributed by atoms with Gasteiger partial charge in [0.15, 0.2) is 0 Å². The van der Waals surface area contributed by atoms with Crippen molar-refractivity contribution in [1.29, 1.82) is 0 Å². The van der Waals surface area contributed by atoms with Gasteiger partial charge >= 0.3 is 0 Å². The molecule has 0 aromatic carbocycles. The van der Waals surface area contributed by atoms with Crippen LogP contribution in [0.1, 0.15) is 45.4 Å². The fourth-order valence-electron chi connectivity index (χ4n) is 2.27. The monoisotopic (exact) mass is 167 g/mol. The van der Waals surface area contributed by atoms with Crippen LogP contribution in [0, 0.1) is 5.41 Å². The summed E-state index contributed by atoms with van der Waals surface area (Å²) >= 11 is 0. The molecule has 1 nitrogen and oxygen atoms in total. The summed E-state index contributed by atoms with van der Waals surface area (Å²) in [7, 11) is 0. The predicted octanol–water partition coefficient (Wildman–Crippen LogP) is 2.86. The number of hydrogen-bond donors (Lipinski definition) is 1. The molecule has 0 radical (unpaired) electrons. The lowest BCUT2D eigenvalue weighted by atomic mass is 9.83. The van der Waals surface area contributed by atoms with E-state index in [0.29, 0.717) is 11.5 Å². The van der Waals surface area contributed by atoms with Crippen molar-refractivity contribution in [3.63, 3.8) is 0 Å². The molecular weight excluding hydrogens is 146 g/mol. The summed E-state index contributed by atoms with van der Waals surface area (Å²) < 4.78 is 0. The molecule has 1 fully saturated rings. The van der Waals surface area contributed by atoms with Crippen molar-refractivity contribution in [3.05, 3.63) is 12.7 Å². The Bertz CT molecular complexity index is 153. The Kier molecular flexibility index (Phi) is 3.33. The van der Waals surface area contributed by atoms with Crippen molar-refractivity contribution in [2.24, 2.45) is 11.1 Å². The molecule has 2 unspecified atom stereocenters. The van der Waals surface area contributed by atoms with Crippen molar-refractivity contribution < 1.29 is 0 Å². The van der Waals surface area contributed by atoms with E-state index < -0.39 is 0 Å². The zero-order valence-electron chi connectivity index (χ0n) is 8.18. The Morgan fingerprint density at radius 1 is 1.67 bits per heavy atom. The van der Waals surface area contributed by atoms with E-state index in [2.05, 4.69) is 13.5 Å². The molecule has 1 aliphatic rings. The van der Waals surface area contributed by atoms with Gasteiger partial charge in [-0.1, -0.05) is 13.0 Å². The van der Waals surface area contributed by atoms with Crippen molar-refractivity contribution in [3.8, 4) is 0 Å². The SMILES string of the molecule is C=CCCCC1(C)CCC(N)C1. The topological polar surface area (TPSA) is 26.0 Å². The highest BCUT2D eigenvalue weighted by molar-refractivity contribution is 4.87. The van der Waals surface area contributed by atoms with E-state index in [1.165, 1.54) is 32.1 Å². The highest BCUT2D eigenvalue weighted by Crippen LogP contribution is 2.40. The smallest absolute Gasteiger partial charge is 0.00442 e. The molecule has 1 heteroatoms. The molecule has 2 N–H and O–H groups in total. The second-order valence-corrected chi connectivity index (χ2v) is 4.49. The molecule has 0 saturated heterocycles. The average Bonchev–Trinajstić information content (AvgIpc) is 2.32. The molecule has 0 aromatic heterocycles. The largest absolute Gasteiger partial charge is 0.328 e.